The lowest BCUT2D eigenvalue weighted by Gasteiger charge is -2.21. The Morgan fingerprint density at radius 3 is 2.65 bits per heavy atom. The normalized spacial score (nSPS) is 11.5. The zero-order valence-corrected chi connectivity index (χ0v) is 14.4. The largest absolute Gasteiger partial charge is 0.480 e. The van der Waals surface area contributed by atoms with Crippen LogP contribution >= 0.6 is 11.3 Å². The molecule has 2 rings (SSSR count). The van der Waals surface area contributed by atoms with Crippen molar-refractivity contribution in [3.63, 3.8) is 0 Å². The molecule has 0 aliphatic heterocycles. The summed E-state index contributed by atoms with van der Waals surface area (Å²) in [7, 11) is 0. The molecule has 0 aromatic carbocycles. The molecule has 7 nitrogen and oxygen atoms in total. The predicted molar refractivity (Wildman–Crippen MR) is 89.9 cm³/mol. The number of hydrogen-bond acceptors (Lipinski definition) is 6. The van der Waals surface area contributed by atoms with Crippen LogP contribution in [0.1, 0.15) is 30.7 Å². The van der Waals surface area contributed by atoms with Crippen molar-refractivity contribution in [1.82, 2.24) is 15.3 Å². The van der Waals surface area contributed by atoms with Crippen LogP contribution in [0.5, 0.6) is 0 Å². The van der Waals surface area contributed by atoms with Gasteiger partial charge in [0.05, 0.1) is 5.39 Å². The van der Waals surface area contributed by atoms with Gasteiger partial charge in [-0.2, -0.15) is 0 Å². The number of rotatable bonds is 6. The molecule has 0 aliphatic carbocycles. The van der Waals surface area contributed by atoms with Crippen LogP contribution in [0, 0.1) is 13.8 Å². The molecule has 0 fully saturated rings. The van der Waals surface area contributed by atoms with Crippen molar-refractivity contribution in [1.29, 1.82) is 0 Å². The molecule has 0 spiro atoms. The zero-order valence-electron chi connectivity index (χ0n) is 13.6. The number of anilines is 1. The first kappa shape index (κ1) is 17.1. The number of carbonyl (C=O) groups is 2. The monoisotopic (exact) mass is 336 g/mol. The molecule has 0 bridgehead atoms. The quantitative estimate of drug-likeness (QED) is 0.746. The molecule has 2 heterocycles. The fraction of sp³-hybridized carbons (Fsp3) is 0.467. The third-order valence-electron chi connectivity index (χ3n) is 3.60. The molecular weight excluding hydrogens is 316 g/mol. The van der Waals surface area contributed by atoms with Gasteiger partial charge in [0.25, 0.3) is 0 Å². The molecule has 2 aromatic heterocycles. The van der Waals surface area contributed by atoms with Crippen molar-refractivity contribution in [2.45, 2.75) is 39.7 Å². The van der Waals surface area contributed by atoms with E-state index in [1.54, 1.807) is 11.3 Å². The maximum absolute atomic E-state index is 11.8. The van der Waals surface area contributed by atoms with E-state index in [4.69, 9.17) is 5.11 Å². The molecule has 23 heavy (non-hydrogen) atoms. The number of amides is 1. The van der Waals surface area contributed by atoms with Crippen LogP contribution in [-0.4, -0.2) is 39.0 Å². The summed E-state index contributed by atoms with van der Waals surface area (Å²) in [5.41, 5.74) is -0.148. The number of nitrogens with one attached hydrogen (secondary N) is 2. The highest BCUT2D eigenvalue weighted by atomic mass is 32.1. The average molecular weight is 336 g/mol. The lowest BCUT2D eigenvalue weighted by atomic mass is 10.1. The van der Waals surface area contributed by atoms with E-state index in [2.05, 4.69) is 20.6 Å². The minimum Gasteiger partial charge on any atom is -0.480 e. The van der Waals surface area contributed by atoms with E-state index in [1.807, 2.05) is 13.8 Å². The summed E-state index contributed by atoms with van der Waals surface area (Å²) in [5.74, 6) is -0.698. The van der Waals surface area contributed by atoms with Crippen LogP contribution < -0.4 is 10.6 Å². The summed E-state index contributed by atoms with van der Waals surface area (Å²) in [6.45, 7) is 7.32. The SMILES string of the molecule is Cc1sc2ncnc(NCCC(=O)NC(C)(C)C(=O)O)c2c1C. The van der Waals surface area contributed by atoms with Crippen LogP contribution in [0.25, 0.3) is 10.2 Å². The highest BCUT2D eigenvalue weighted by Gasteiger charge is 2.28. The molecule has 0 saturated carbocycles. The van der Waals surface area contributed by atoms with Crippen molar-refractivity contribution in [3.05, 3.63) is 16.8 Å². The molecule has 0 aliphatic rings. The minimum atomic E-state index is -1.28. The summed E-state index contributed by atoms with van der Waals surface area (Å²) < 4.78 is 0. The van der Waals surface area contributed by atoms with Gasteiger partial charge in [0.2, 0.25) is 5.91 Å². The first-order chi connectivity index (χ1) is 10.7. The van der Waals surface area contributed by atoms with Gasteiger partial charge in [0, 0.05) is 17.8 Å². The second-order valence-electron chi connectivity index (χ2n) is 5.84. The summed E-state index contributed by atoms with van der Waals surface area (Å²) >= 11 is 1.61. The Labute approximate surface area is 138 Å². The first-order valence-electron chi connectivity index (χ1n) is 7.21. The maximum Gasteiger partial charge on any atom is 0.328 e. The molecule has 124 valence electrons. The van der Waals surface area contributed by atoms with E-state index >= 15 is 0 Å². The molecule has 2 aromatic rings. The van der Waals surface area contributed by atoms with Gasteiger partial charge >= 0.3 is 5.97 Å². The molecule has 8 heteroatoms. The van der Waals surface area contributed by atoms with Crippen molar-refractivity contribution in [3.8, 4) is 0 Å². The van der Waals surface area contributed by atoms with E-state index in [1.165, 1.54) is 25.1 Å². The number of nitrogens with zero attached hydrogens (tertiary/aromatic N) is 2. The van der Waals surface area contributed by atoms with Gasteiger partial charge in [-0.3, -0.25) is 4.79 Å². The second-order valence-corrected chi connectivity index (χ2v) is 7.04. The number of thiophene rings is 1. The van der Waals surface area contributed by atoms with Crippen LogP contribution in [0.3, 0.4) is 0 Å². The molecule has 0 atom stereocenters. The van der Waals surface area contributed by atoms with Crippen LogP contribution in [0.2, 0.25) is 0 Å². The van der Waals surface area contributed by atoms with Crippen molar-refractivity contribution < 1.29 is 14.7 Å². The Kier molecular flexibility index (Phi) is 4.84. The summed E-state index contributed by atoms with van der Waals surface area (Å²) in [5, 5.41) is 15.6. The van der Waals surface area contributed by atoms with Gasteiger partial charge in [-0.05, 0) is 33.3 Å². The van der Waals surface area contributed by atoms with E-state index < -0.39 is 11.5 Å². The zero-order chi connectivity index (χ0) is 17.2. The molecular formula is C15H20N4O3S. The number of aliphatic carboxylic acids is 1. The van der Waals surface area contributed by atoms with Crippen molar-refractivity contribution in [2.75, 3.05) is 11.9 Å². The second kappa shape index (κ2) is 6.49. The molecule has 1 amide bonds. The highest BCUT2D eigenvalue weighted by Crippen LogP contribution is 2.32. The Bertz CT molecular complexity index is 755. The van der Waals surface area contributed by atoms with Gasteiger partial charge < -0.3 is 15.7 Å². The van der Waals surface area contributed by atoms with Crippen LogP contribution in [0.15, 0.2) is 6.33 Å². The Balaban J connectivity index is 2.00. The minimum absolute atomic E-state index is 0.157. The van der Waals surface area contributed by atoms with E-state index in [-0.39, 0.29) is 12.3 Å². The number of carbonyl (C=O) groups excluding carboxylic acids is 1. The van der Waals surface area contributed by atoms with Crippen LogP contribution in [-0.2, 0) is 9.59 Å². The summed E-state index contributed by atoms with van der Waals surface area (Å²) in [6, 6.07) is 0. The average Bonchev–Trinajstić information content (AvgIpc) is 2.74. The van der Waals surface area contributed by atoms with E-state index in [9.17, 15) is 9.59 Å². The predicted octanol–water partition coefficient (Wildman–Crippen LogP) is 2.09. The molecule has 0 unspecified atom stereocenters. The van der Waals surface area contributed by atoms with Gasteiger partial charge in [-0.25, -0.2) is 14.8 Å². The Hall–Kier alpha value is -2.22. The molecule has 3 N–H and O–H groups in total. The van der Waals surface area contributed by atoms with E-state index in [0.717, 1.165) is 15.8 Å². The lowest BCUT2D eigenvalue weighted by molar-refractivity contribution is -0.146. The standard InChI is InChI=1S/C15H20N4O3S/c1-8-9(2)23-13-11(8)12(17-7-18-13)16-6-5-10(20)19-15(3,4)14(21)22/h7H,5-6H2,1-4H3,(H,19,20)(H,21,22)(H,16,17,18). The van der Waals surface area contributed by atoms with Gasteiger partial charge in [0.1, 0.15) is 22.5 Å². The summed E-state index contributed by atoms with van der Waals surface area (Å²) in [6.07, 6.45) is 1.65. The number of aromatic nitrogens is 2. The van der Waals surface area contributed by atoms with Crippen molar-refractivity contribution >= 4 is 39.2 Å². The topological polar surface area (TPSA) is 104 Å². The van der Waals surface area contributed by atoms with Crippen molar-refractivity contribution in [2.24, 2.45) is 0 Å². The maximum atomic E-state index is 11.8. The summed E-state index contributed by atoms with van der Waals surface area (Å²) in [4.78, 5) is 33.4. The number of hydrogen-bond donors (Lipinski definition) is 3. The number of aryl methyl sites for hydroxylation is 2. The molecule has 0 saturated heterocycles. The fourth-order valence-electron chi connectivity index (χ4n) is 2.08. The Morgan fingerprint density at radius 1 is 1.30 bits per heavy atom. The number of fused-ring (bicyclic) bond motifs is 1. The van der Waals surface area contributed by atoms with Crippen LogP contribution in [0.4, 0.5) is 5.82 Å². The Morgan fingerprint density at radius 2 is 2.00 bits per heavy atom. The third kappa shape index (κ3) is 3.76. The van der Waals surface area contributed by atoms with E-state index in [0.29, 0.717) is 12.4 Å². The van der Waals surface area contributed by atoms with Gasteiger partial charge in [-0.15, -0.1) is 11.3 Å². The lowest BCUT2D eigenvalue weighted by Crippen LogP contribution is -2.49. The number of carboxylic acid groups (broad SMARTS) is 1. The van der Waals surface area contributed by atoms with Gasteiger partial charge in [0.15, 0.2) is 0 Å². The molecule has 0 radical (unpaired) electrons. The first-order valence-corrected chi connectivity index (χ1v) is 8.03. The third-order valence-corrected chi connectivity index (χ3v) is 4.71. The number of carboxylic acids is 1. The highest BCUT2D eigenvalue weighted by molar-refractivity contribution is 7.18. The fourth-order valence-corrected chi connectivity index (χ4v) is 3.07. The van der Waals surface area contributed by atoms with Gasteiger partial charge in [-0.1, -0.05) is 0 Å². The smallest absolute Gasteiger partial charge is 0.328 e.